The predicted octanol–water partition coefficient (Wildman–Crippen LogP) is 3.82. The molecule has 1 saturated heterocycles. The molecular weight excluding hydrogens is 378 g/mol. The third-order valence-corrected chi connectivity index (χ3v) is 6.73. The molecule has 0 bridgehead atoms. The zero-order chi connectivity index (χ0) is 21.0. The minimum atomic E-state index is -0.658. The van der Waals surface area contributed by atoms with Gasteiger partial charge in [0.05, 0.1) is 5.41 Å². The van der Waals surface area contributed by atoms with Gasteiger partial charge in [0.2, 0.25) is 11.8 Å². The Hall–Kier alpha value is -2.63. The number of nitrogens with zero attached hydrogens (tertiary/aromatic N) is 2. The number of carbonyl (C=O) groups is 2. The fraction of sp³-hybridized carbons (Fsp3) is 0.542. The van der Waals surface area contributed by atoms with Crippen molar-refractivity contribution in [1.29, 1.82) is 0 Å². The Morgan fingerprint density at radius 2 is 2.00 bits per heavy atom. The number of nitrogens with one attached hydrogen (secondary N) is 1. The Morgan fingerprint density at radius 1 is 1.23 bits per heavy atom. The van der Waals surface area contributed by atoms with Crippen LogP contribution in [0, 0.1) is 11.3 Å². The maximum absolute atomic E-state index is 13.3. The van der Waals surface area contributed by atoms with Crippen molar-refractivity contribution >= 4 is 11.8 Å². The quantitative estimate of drug-likeness (QED) is 0.754. The summed E-state index contributed by atoms with van der Waals surface area (Å²) < 4.78 is 5.60. The number of hydrogen-bond donors (Lipinski definition) is 1. The van der Waals surface area contributed by atoms with E-state index in [0.29, 0.717) is 38.2 Å². The number of aromatic nitrogens is 1. The zero-order valence-corrected chi connectivity index (χ0v) is 17.7. The molecule has 4 rings (SSSR count). The lowest BCUT2D eigenvalue weighted by atomic mass is 9.81. The Bertz CT molecular complexity index is 873. The topological polar surface area (TPSA) is 75.4 Å². The maximum atomic E-state index is 13.3. The van der Waals surface area contributed by atoms with Crippen LogP contribution < -0.4 is 5.32 Å². The van der Waals surface area contributed by atoms with Crippen molar-refractivity contribution in [2.24, 2.45) is 11.3 Å². The molecule has 1 aromatic carbocycles. The van der Waals surface area contributed by atoms with Crippen molar-refractivity contribution in [1.82, 2.24) is 15.4 Å². The third kappa shape index (κ3) is 4.58. The van der Waals surface area contributed by atoms with E-state index in [0.717, 1.165) is 23.6 Å². The summed E-state index contributed by atoms with van der Waals surface area (Å²) in [5.74, 6) is 1.46. The van der Waals surface area contributed by atoms with Gasteiger partial charge in [0.15, 0.2) is 0 Å². The van der Waals surface area contributed by atoms with Gasteiger partial charge in [0.25, 0.3) is 0 Å². The number of benzene rings is 1. The first-order chi connectivity index (χ1) is 14.6. The lowest BCUT2D eigenvalue weighted by Crippen LogP contribution is -2.45. The van der Waals surface area contributed by atoms with Gasteiger partial charge in [0, 0.05) is 44.6 Å². The van der Waals surface area contributed by atoms with Crippen LogP contribution in [0.2, 0.25) is 0 Å². The summed E-state index contributed by atoms with van der Waals surface area (Å²) in [6.45, 7) is 3.30. The summed E-state index contributed by atoms with van der Waals surface area (Å²) in [7, 11) is 0. The Labute approximate surface area is 178 Å². The second-order valence-corrected chi connectivity index (χ2v) is 8.89. The standard InChI is InChI=1S/C24H31N3O3/c1-18(28)27-14-12-24(17-27,23(29)25-13-11-19-7-5-6-8-19)16-21-15-22(26-30-21)20-9-3-2-4-10-20/h2-4,9-10,15,19H,5-8,11-14,16-17H2,1H3,(H,25,29)/t24-/m0/s1. The van der Waals surface area contributed by atoms with Crippen molar-refractivity contribution in [3.8, 4) is 11.3 Å². The molecule has 30 heavy (non-hydrogen) atoms. The highest BCUT2D eigenvalue weighted by atomic mass is 16.5. The average molecular weight is 410 g/mol. The Kier molecular flexibility index (Phi) is 6.21. The molecule has 2 aliphatic rings. The first-order valence-electron chi connectivity index (χ1n) is 11.1. The van der Waals surface area contributed by atoms with Gasteiger partial charge in [-0.25, -0.2) is 0 Å². The minimum absolute atomic E-state index is 0.0122. The van der Waals surface area contributed by atoms with Gasteiger partial charge in [0.1, 0.15) is 11.5 Å². The minimum Gasteiger partial charge on any atom is -0.361 e. The maximum Gasteiger partial charge on any atom is 0.228 e. The van der Waals surface area contributed by atoms with E-state index in [1.165, 1.54) is 25.7 Å². The molecule has 0 unspecified atom stereocenters. The molecule has 1 aliphatic heterocycles. The molecule has 1 atom stereocenters. The van der Waals surface area contributed by atoms with E-state index < -0.39 is 5.41 Å². The monoisotopic (exact) mass is 409 g/mol. The summed E-state index contributed by atoms with van der Waals surface area (Å²) >= 11 is 0. The number of carbonyl (C=O) groups excluding carboxylic acids is 2. The fourth-order valence-corrected chi connectivity index (χ4v) is 4.90. The number of rotatable bonds is 7. The van der Waals surface area contributed by atoms with Crippen LogP contribution in [0.15, 0.2) is 40.9 Å². The SMILES string of the molecule is CC(=O)N1CC[C@@](Cc2cc(-c3ccccc3)no2)(C(=O)NCCC2CCCC2)C1. The van der Waals surface area contributed by atoms with Gasteiger partial charge in [-0.2, -0.15) is 0 Å². The molecule has 1 saturated carbocycles. The second-order valence-electron chi connectivity index (χ2n) is 8.89. The van der Waals surface area contributed by atoms with E-state index in [4.69, 9.17) is 4.52 Å². The van der Waals surface area contributed by atoms with E-state index in [-0.39, 0.29) is 11.8 Å². The Balaban J connectivity index is 1.46. The second kappa shape index (κ2) is 9.02. The van der Waals surface area contributed by atoms with Gasteiger partial charge in [-0.1, -0.05) is 61.2 Å². The molecule has 2 fully saturated rings. The van der Waals surface area contributed by atoms with Gasteiger partial charge in [-0.3, -0.25) is 9.59 Å². The van der Waals surface area contributed by atoms with Crippen LogP contribution in [0.25, 0.3) is 11.3 Å². The Morgan fingerprint density at radius 3 is 2.70 bits per heavy atom. The van der Waals surface area contributed by atoms with Crippen molar-refractivity contribution in [3.63, 3.8) is 0 Å². The molecule has 2 aromatic rings. The number of likely N-dealkylation sites (tertiary alicyclic amines) is 1. The first kappa shape index (κ1) is 20.6. The van der Waals surface area contributed by atoms with Crippen molar-refractivity contribution in [3.05, 3.63) is 42.2 Å². The molecular formula is C24H31N3O3. The van der Waals surface area contributed by atoms with E-state index in [2.05, 4.69) is 10.5 Å². The number of hydrogen-bond acceptors (Lipinski definition) is 4. The third-order valence-electron chi connectivity index (χ3n) is 6.73. The summed E-state index contributed by atoms with van der Waals surface area (Å²) in [4.78, 5) is 27.0. The molecule has 1 aromatic heterocycles. The van der Waals surface area contributed by atoms with Gasteiger partial charge >= 0.3 is 0 Å². The highest BCUT2D eigenvalue weighted by molar-refractivity contribution is 5.85. The van der Waals surface area contributed by atoms with Crippen LogP contribution in [0.3, 0.4) is 0 Å². The molecule has 160 valence electrons. The zero-order valence-electron chi connectivity index (χ0n) is 17.7. The molecule has 1 aliphatic carbocycles. The molecule has 6 nitrogen and oxygen atoms in total. The lowest BCUT2D eigenvalue weighted by molar-refractivity contribution is -0.132. The van der Waals surface area contributed by atoms with Crippen molar-refractivity contribution in [2.75, 3.05) is 19.6 Å². The van der Waals surface area contributed by atoms with Crippen LogP contribution in [0.4, 0.5) is 0 Å². The smallest absolute Gasteiger partial charge is 0.228 e. The molecule has 2 amide bonds. The summed E-state index contributed by atoms with van der Waals surface area (Å²) in [6.07, 6.45) is 7.31. The molecule has 0 spiro atoms. The van der Waals surface area contributed by atoms with Gasteiger partial charge in [-0.05, 0) is 18.8 Å². The van der Waals surface area contributed by atoms with Crippen LogP contribution in [0.5, 0.6) is 0 Å². The first-order valence-corrected chi connectivity index (χ1v) is 11.1. The van der Waals surface area contributed by atoms with E-state index in [9.17, 15) is 9.59 Å². The van der Waals surface area contributed by atoms with Crippen LogP contribution in [-0.2, 0) is 16.0 Å². The summed E-state index contributed by atoms with van der Waals surface area (Å²) in [6, 6.07) is 11.8. The van der Waals surface area contributed by atoms with Crippen LogP contribution in [0.1, 0.15) is 51.2 Å². The normalized spacial score (nSPS) is 21.8. The largest absolute Gasteiger partial charge is 0.361 e. The fourth-order valence-electron chi connectivity index (χ4n) is 4.90. The number of amides is 2. The average Bonchev–Trinajstić information content (AvgIpc) is 3.50. The van der Waals surface area contributed by atoms with Crippen LogP contribution in [-0.4, -0.2) is 41.5 Å². The molecule has 0 radical (unpaired) electrons. The summed E-state index contributed by atoms with van der Waals surface area (Å²) in [5, 5.41) is 7.37. The van der Waals surface area contributed by atoms with Crippen molar-refractivity contribution in [2.45, 2.75) is 51.9 Å². The predicted molar refractivity (Wildman–Crippen MR) is 115 cm³/mol. The molecule has 2 heterocycles. The molecule has 1 N–H and O–H groups in total. The molecule has 6 heteroatoms. The van der Waals surface area contributed by atoms with Gasteiger partial charge in [-0.15, -0.1) is 0 Å². The van der Waals surface area contributed by atoms with E-state index in [1.54, 1.807) is 11.8 Å². The van der Waals surface area contributed by atoms with E-state index >= 15 is 0 Å². The summed E-state index contributed by atoms with van der Waals surface area (Å²) in [5.41, 5.74) is 1.10. The van der Waals surface area contributed by atoms with Crippen LogP contribution >= 0.6 is 0 Å². The van der Waals surface area contributed by atoms with Crippen molar-refractivity contribution < 1.29 is 14.1 Å². The van der Waals surface area contributed by atoms with E-state index in [1.807, 2.05) is 36.4 Å². The van der Waals surface area contributed by atoms with Gasteiger partial charge < -0.3 is 14.7 Å². The lowest BCUT2D eigenvalue weighted by Gasteiger charge is -2.27. The highest BCUT2D eigenvalue weighted by Gasteiger charge is 2.46. The highest BCUT2D eigenvalue weighted by Crippen LogP contribution is 2.36.